The van der Waals surface area contributed by atoms with Gasteiger partial charge in [-0.15, -0.1) is 0 Å². The number of carbonyl (C=O) groups excluding carboxylic acids is 1. The molecule has 0 aliphatic heterocycles. The van der Waals surface area contributed by atoms with Gasteiger partial charge < -0.3 is 4.74 Å². The Morgan fingerprint density at radius 2 is 1.15 bits per heavy atom. The Labute approximate surface area is 104 Å². The van der Waals surface area contributed by atoms with Crippen molar-refractivity contribution in [3.05, 3.63) is 12.7 Å². The van der Waals surface area contributed by atoms with Gasteiger partial charge in [0.15, 0.2) is 0 Å². The van der Waals surface area contributed by atoms with E-state index in [0.717, 1.165) is 0 Å². The van der Waals surface area contributed by atoms with Gasteiger partial charge in [0.05, 0.1) is 0 Å². The molecule has 0 aliphatic rings. The van der Waals surface area contributed by atoms with E-state index in [1.807, 2.05) is 0 Å². The van der Waals surface area contributed by atoms with Gasteiger partial charge in [-0.3, -0.25) is 0 Å². The smallest absolute Gasteiger partial charge is 0.445 e. The monoisotopic (exact) mass is 322 g/mol. The standard InChI is InChI=1S/C8H4F10O2/c1-2-3(19)20-4(5(9,10)7(13,14)15)6(11,12)8(16,17)18/h2,4H,1H2. The first kappa shape index (κ1) is 18.5. The molecule has 0 spiro atoms. The lowest BCUT2D eigenvalue weighted by Crippen LogP contribution is -2.61. The molecule has 12 heteroatoms. The van der Waals surface area contributed by atoms with E-state index >= 15 is 0 Å². The summed E-state index contributed by atoms with van der Waals surface area (Å²) < 4.78 is 125. The van der Waals surface area contributed by atoms with Gasteiger partial charge in [0.1, 0.15) is 0 Å². The van der Waals surface area contributed by atoms with E-state index in [4.69, 9.17) is 0 Å². The summed E-state index contributed by atoms with van der Waals surface area (Å²) in [5, 5.41) is 0. The highest BCUT2D eigenvalue weighted by Crippen LogP contribution is 2.49. The maximum Gasteiger partial charge on any atom is 0.457 e. The van der Waals surface area contributed by atoms with E-state index in [2.05, 4.69) is 11.3 Å². The van der Waals surface area contributed by atoms with Crippen LogP contribution in [0.25, 0.3) is 0 Å². The molecule has 0 heterocycles. The molecule has 0 aromatic carbocycles. The molecule has 0 unspecified atom stereocenters. The van der Waals surface area contributed by atoms with E-state index in [0.29, 0.717) is 0 Å². The molecule has 0 fully saturated rings. The molecule has 20 heavy (non-hydrogen) atoms. The molecule has 0 aromatic rings. The van der Waals surface area contributed by atoms with Crippen LogP contribution in [0.4, 0.5) is 43.9 Å². The van der Waals surface area contributed by atoms with Gasteiger partial charge in [-0.05, 0) is 0 Å². The fourth-order valence-electron chi connectivity index (χ4n) is 0.837. The Kier molecular flexibility index (Phi) is 4.75. The van der Waals surface area contributed by atoms with Gasteiger partial charge in [-0.2, -0.15) is 43.9 Å². The first-order valence-electron chi connectivity index (χ1n) is 4.31. The van der Waals surface area contributed by atoms with E-state index in [-0.39, 0.29) is 6.08 Å². The number of hydrogen-bond acceptors (Lipinski definition) is 2. The number of halogens is 10. The van der Waals surface area contributed by atoms with Crippen molar-refractivity contribution in [1.29, 1.82) is 0 Å². The summed E-state index contributed by atoms with van der Waals surface area (Å²) in [6, 6.07) is 0. The Hall–Kier alpha value is -1.49. The second-order valence-corrected chi connectivity index (χ2v) is 3.26. The number of ether oxygens (including phenoxy) is 1. The predicted molar refractivity (Wildman–Crippen MR) is 42.1 cm³/mol. The lowest BCUT2D eigenvalue weighted by Gasteiger charge is -2.33. The lowest BCUT2D eigenvalue weighted by molar-refractivity contribution is -0.384. The van der Waals surface area contributed by atoms with Crippen molar-refractivity contribution in [2.75, 3.05) is 0 Å². The zero-order valence-electron chi connectivity index (χ0n) is 8.96. The maximum absolute atomic E-state index is 12.7. The van der Waals surface area contributed by atoms with E-state index < -0.39 is 36.3 Å². The summed E-state index contributed by atoms with van der Waals surface area (Å²) in [5.41, 5.74) is 0. The number of rotatable bonds is 4. The Bertz CT molecular complexity index is 354. The molecule has 0 amide bonds. The summed E-state index contributed by atoms with van der Waals surface area (Å²) >= 11 is 0. The van der Waals surface area contributed by atoms with Crippen molar-refractivity contribution in [2.24, 2.45) is 0 Å². The van der Waals surface area contributed by atoms with E-state index in [1.54, 1.807) is 0 Å². The maximum atomic E-state index is 12.7. The van der Waals surface area contributed by atoms with E-state index in [1.165, 1.54) is 0 Å². The van der Waals surface area contributed by atoms with Crippen molar-refractivity contribution < 1.29 is 53.4 Å². The van der Waals surface area contributed by atoms with Crippen LogP contribution >= 0.6 is 0 Å². The minimum Gasteiger partial charge on any atom is -0.445 e. The second-order valence-electron chi connectivity index (χ2n) is 3.26. The number of esters is 1. The molecule has 0 radical (unpaired) electrons. The zero-order valence-corrected chi connectivity index (χ0v) is 8.96. The van der Waals surface area contributed by atoms with Crippen LogP contribution in [0, 0.1) is 0 Å². The van der Waals surface area contributed by atoms with Crippen molar-refractivity contribution in [3.8, 4) is 0 Å². The summed E-state index contributed by atoms with van der Waals surface area (Å²) in [7, 11) is 0. The second kappa shape index (κ2) is 5.13. The molecule has 0 N–H and O–H groups in total. The van der Waals surface area contributed by atoms with Crippen molar-refractivity contribution >= 4 is 5.97 Å². The molecular formula is C8H4F10O2. The molecule has 0 aliphatic carbocycles. The largest absolute Gasteiger partial charge is 0.457 e. The third kappa shape index (κ3) is 3.33. The molecule has 0 bridgehead atoms. The first-order chi connectivity index (χ1) is 8.59. The number of hydrogen-bond donors (Lipinski definition) is 0. The highest BCUT2D eigenvalue weighted by molar-refractivity contribution is 5.81. The Balaban J connectivity index is 5.87. The van der Waals surface area contributed by atoms with Crippen LogP contribution in [0.15, 0.2) is 12.7 Å². The number of alkyl halides is 10. The summed E-state index contributed by atoms with van der Waals surface area (Å²) in [6.45, 7) is 2.48. The molecule has 118 valence electrons. The van der Waals surface area contributed by atoms with Gasteiger partial charge >= 0.3 is 30.2 Å². The highest BCUT2D eigenvalue weighted by atomic mass is 19.4. The third-order valence-electron chi connectivity index (χ3n) is 1.82. The molecule has 0 saturated heterocycles. The average Bonchev–Trinajstić information content (AvgIpc) is 2.21. The highest BCUT2D eigenvalue weighted by Gasteiger charge is 2.78. The third-order valence-corrected chi connectivity index (χ3v) is 1.82. The van der Waals surface area contributed by atoms with Crippen LogP contribution < -0.4 is 0 Å². The van der Waals surface area contributed by atoms with Crippen LogP contribution in [0.1, 0.15) is 0 Å². The molecule has 0 atom stereocenters. The van der Waals surface area contributed by atoms with Gasteiger partial charge in [-0.1, -0.05) is 6.58 Å². The summed E-state index contributed by atoms with van der Waals surface area (Å²) in [5.74, 6) is -15.6. The summed E-state index contributed by atoms with van der Waals surface area (Å²) in [6.07, 6.45) is -18.9. The van der Waals surface area contributed by atoms with Crippen LogP contribution in [-0.4, -0.2) is 36.3 Å². The normalized spacial score (nSPS) is 14.3. The van der Waals surface area contributed by atoms with Crippen LogP contribution in [-0.2, 0) is 9.53 Å². The molecular weight excluding hydrogens is 318 g/mol. The fourth-order valence-corrected chi connectivity index (χ4v) is 0.837. The molecule has 0 saturated carbocycles. The number of carbonyl (C=O) groups is 1. The minimum atomic E-state index is -6.80. The molecule has 2 nitrogen and oxygen atoms in total. The Morgan fingerprint density at radius 1 is 0.850 bits per heavy atom. The molecule has 0 aromatic heterocycles. The quantitative estimate of drug-likeness (QED) is 0.450. The summed E-state index contributed by atoms with van der Waals surface area (Å²) in [4.78, 5) is 10.4. The van der Waals surface area contributed by atoms with Gasteiger partial charge in [0, 0.05) is 6.08 Å². The van der Waals surface area contributed by atoms with Crippen molar-refractivity contribution in [1.82, 2.24) is 0 Å². The van der Waals surface area contributed by atoms with E-state index in [9.17, 15) is 48.7 Å². The van der Waals surface area contributed by atoms with Gasteiger partial charge in [0.2, 0.25) is 6.10 Å². The zero-order chi connectivity index (χ0) is 16.6. The van der Waals surface area contributed by atoms with Crippen LogP contribution in [0.5, 0.6) is 0 Å². The predicted octanol–water partition coefficient (Wildman–Crippen LogP) is 3.48. The minimum absolute atomic E-state index is 0.147. The fraction of sp³-hybridized carbons (Fsp3) is 0.625. The van der Waals surface area contributed by atoms with Gasteiger partial charge in [-0.25, -0.2) is 4.79 Å². The topological polar surface area (TPSA) is 26.3 Å². The molecule has 0 rings (SSSR count). The lowest BCUT2D eigenvalue weighted by atomic mass is 10.0. The van der Waals surface area contributed by atoms with Crippen molar-refractivity contribution in [3.63, 3.8) is 0 Å². The van der Waals surface area contributed by atoms with Gasteiger partial charge in [0.25, 0.3) is 0 Å². The first-order valence-corrected chi connectivity index (χ1v) is 4.31. The van der Waals surface area contributed by atoms with Crippen LogP contribution in [0.2, 0.25) is 0 Å². The van der Waals surface area contributed by atoms with Crippen molar-refractivity contribution in [2.45, 2.75) is 30.3 Å². The average molecular weight is 322 g/mol. The SMILES string of the molecule is C=CC(=O)OC(C(F)(F)C(F)(F)F)C(F)(F)C(F)(F)F. The van der Waals surface area contributed by atoms with Crippen LogP contribution in [0.3, 0.4) is 0 Å². The Morgan fingerprint density at radius 3 is 1.35 bits per heavy atom.